The van der Waals surface area contributed by atoms with Gasteiger partial charge in [0.2, 0.25) is 0 Å². The van der Waals surface area contributed by atoms with Crippen molar-refractivity contribution < 1.29 is 14.6 Å². The van der Waals surface area contributed by atoms with Gasteiger partial charge in [0.05, 0.1) is 11.4 Å². The normalized spacial score (nSPS) is 11.8. The maximum atomic E-state index is 12.3. The second-order valence-corrected chi connectivity index (χ2v) is 6.84. The van der Waals surface area contributed by atoms with Crippen LogP contribution in [0.4, 0.5) is 5.69 Å². The molecule has 0 aliphatic rings. The number of hydrogen-bond donors (Lipinski definition) is 2. The van der Waals surface area contributed by atoms with Gasteiger partial charge in [-0.3, -0.25) is 9.36 Å². The Morgan fingerprint density at radius 3 is 2.71 bits per heavy atom. The third-order valence-electron chi connectivity index (χ3n) is 4.45. The Morgan fingerprint density at radius 2 is 2.00 bits per heavy atom. The van der Waals surface area contributed by atoms with E-state index >= 15 is 0 Å². The van der Waals surface area contributed by atoms with Crippen molar-refractivity contribution in [1.82, 2.24) is 14.8 Å². The van der Waals surface area contributed by atoms with E-state index in [1.54, 1.807) is 34.9 Å². The molecule has 1 amide bonds. The Kier molecular flexibility index (Phi) is 6.16. The maximum absolute atomic E-state index is 12.3. The summed E-state index contributed by atoms with van der Waals surface area (Å²) in [6.07, 6.45) is 3.98. The van der Waals surface area contributed by atoms with E-state index in [1.165, 1.54) is 12.7 Å². The molecule has 1 atom stereocenters. The number of carbonyl (C=O) groups is 1. The highest BCUT2D eigenvalue weighted by molar-refractivity contribution is 6.30. The van der Waals surface area contributed by atoms with Crippen LogP contribution in [0.5, 0.6) is 11.5 Å². The number of aromatic nitrogens is 3. The van der Waals surface area contributed by atoms with E-state index in [4.69, 9.17) is 16.3 Å². The number of carbonyl (C=O) groups excluding carboxylic acids is 1. The number of ether oxygens (including phenoxy) is 1. The lowest BCUT2D eigenvalue weighted by molar-refractivity contribution is -0.118. The third kappa shape index (κ3) is 4.61. The van der Waals surface area contributed by atoms with Gasteiger partial charge in [-0.25, -0.2) is 0 Å². The van der Waals surface area contributed by atoms with E-state index in [9.17, 15) is 9.90 Å². The molecule has 28 heavy (non-hydrogen) atoms. The smallest absolute Gasteiger partial charge is 0.262 e. The van der Waals surface area contributed by atoms with Crippen LogP contribution in [0.1, 0.15) is 31.7 Å². The molecular weight excluding hydrogens is 380 g/mol. The Bertz CT molecular complexity index is 960. The average molecular weight is 401 g/mol. The Labute approximate surface area is 167 Å². The number of amides is 1. The van der Waals surface area contributed by atoms with Crippen molar-refractivity contribution in [2.24, 2.45) is 0 Å². The summed E-state index contributed by atoms with van der Waals surface area (Å²) in [4.78, 5) is 12.3. The largest absolute Gasteiger partial charge is 0.506 e. The zero-order valence-corrected chi connectivity index (χ0v) is 16.3. The average Bonchev–Trinajstić information content (AvgIpc) is 3.22. The fraction of sp³-hybridized carbons (Fsp3) is 0.250. The minimum atomic E-state index is -0.388. The molecule has 3 rings (SSSR count). The minimum Gasteiger partial charge on any atom is -0.506 e. The van der Waals surface area contributed by atoms with E-state index in [2.05, 4.69) is 29.4 Å². The molecular formula is C20H21ClN4O3. The first-order valence-corrected chi connectivity index (χ1v) is 9.25. The predicted molar refractivity (Wildman–Crippen MR) is 107 cm³/mol. The van der Waals surface area contributed by atoms with Gasteiger partial charge in [-0.05, 0) is 48.2 Å². The van der Waals surface area contributed by atoms with Crippen LogP contribution in [0, 0.1) is 0 Å². The number of benzene rings is 2. The first kappa shape index (κ1) is 19.7. The van der Waals surface area contributed by atoms with Crippen LogP contribution in [0.2, 0.25) is 5.02 Å². The van der Waals surface area contributed by atoms with Gasteiger partial charge < -0.3 is 15.2 Å². The SMILES string of the molecule is CC[C@H](C)c1ccc(O)c(NC(=O)COc2ccc(Cl)cc2-n2cnnc2)c1. The number of phenolic OH excluding ortho intramolecular Hbond substituents is 1. The van der Waals surface area contributed by atoms with Crippen molar-refractivity contribution in [1.29, 1.82) is 0 Å². The number of nitrogens with zero attached hydrogens (tertiary/aromatic N) is 3. The van der Waals surface area contributed by atoms with Crippen molar-refractivity contribution in [3.63, 3.8) is 0 Å². The molecule has 0 fully saturated rings. The molecule has 0 unspecified atom stereocenters. The second-order valence-electron chi connectivity index (χ2n) is 6.40. The number of phenols is 1. The van der Waals surface area contributed by atoms with Gasteiger partial charge in [-0.15, -0.1) is 10.2 Å². The zero-order valence-electron chi connectivity index (χ0n) is 15.6. The number of aromatic hydroxyl groups is 1. The lowest BCUT2D eigenvalue weighted by atomic mass is 9.98. The van der Waals surface area contributed by atoms with E-state index in [0.29, 0.717) is 28.1 Å². The van der Waals surface area contributed by atoms with Crippen molar-refractivity contribution in [2.45, 2.75) is 26.2 Å². The second kappa shape index (κ2) is 8.75. The summed E-state index contributed by atoms with van der Waals surface area (Å²) in [5.41, 5.74) is 2.03. The fourth-order valence-electron chi connectivity index (χ4n) is 2.67. The first-order chi connectivity index (χ1) is 13.5. The van der Waals surface area contributed by atoms with Crippen LogP contribution in [0.25, 0.3) is 5.69 Å². The van der Waals surface area contributed by atoms with Crippen molar-refractivity contribution in [3.05, 3.63) is 59.6 Å². The van der Waals surface area contributed by atoms with Gasteiger partial charge in [0.1, 0.15) is 24.2 Å². The summed E-state index contributed by atoms with van der Waals surface area (Å²) in [5.74, 6) is 0.406. The summed E-state index contributed by atoms with van der Waals surface area (Å²) in [5, 5.41) is 20.8. The highest BCUT2D eigenvalue weighted by atomic mass is 35.5. The molecule has 0 radical (unpaired) electrons. The molecule has 0 saturated carbocycles. The van der Waals surface area contributed by atoms with Crippen LogP contribution < -0.4 is 10.1 Å². The molecule has 1 heterocycles. The molecule has 3 aromatic rings. The van der Waals surface area contributed by atoms with Gasteiger partial charge >= 0.3 is 0 Å². The quantitative estimate of drug-likeness (QED) is 0.581. The predicted octanol–water partition coefficient (Wildman–Crippen LogP) is 4.16. The van der Waals surface area contributed by atoms with Gasteiger partial charge in [0.15, 0.2) is 6.61 Å². The first-order valence-electron chi connectivity index (χ1n) is 8.88. The summed E-state index contributed by atoms with van der Waals surface area (Å²) in [7, 11) is 0. The Hall–Kier alpha value is -3.06. The van der Waals surface area contributed by atoms with Crippen LogP contribution in [0.15, 0.2) is 49.1 Å². The molecule has 8 heteroatoms. The molecule has 7 nitrogen and oxygen atoms in total. The maximum Gasteiger partial charge on any atom is 0.262 e. The highest BCUT2D eigenvalue weighted by Crippen LogP contribution is 2.29. The lowest BCUT2D eigenvalue weighted by Gasteiger charge is -2.14. The van der Waals surface area contributed by atoms with Crippen LogP contribution >= 0.6 is 11.6 Å². The Balaban J connectivity index is 1.71. The summed E-state index contributed by atoms with van der Waals surface area (Å²) in [6.45, 7) is 3.95. The third-order valence-corrected chi connectivity index (χ3v) is 4.69. The highest BCUT2D eigenvalue weighted by Gasteiger charge is 2.13. The molecule has 0 aliphatic heterocycles. The summed E-state index contributed by atoms with van der Waals surface area (Å²) < 4.78 is 7.30. The van der Waals surface area contributed by atoms with Crippen LogP contribution in [-0.2, 0) is 4.79 Å². The molecule has 146 valence electrons. The summed E-state index contributed by atoms with van der Waals surface area (Å²) in [6, 6.07) is 10.3. The molecule has 2 N–H and O–H groups in total. The fourth-order valence-corrected chi connectivity index (χ4v) is 2.83. The standard InChI is InChI=1S/C20H21ClN4O3/c1-3-13(2)14-4-6-18(26)16(8-14)24-20(27)10-28-19-7-5-15(21)9-17(19)25-11-22-23-12-25/h4-9,11-13,26H,3,10H2,1-2H3,(H,24,27)/t13-/m0/s1. The molecule has 0 bridgehead atoms. The number of hydrogen-bond acceptors (Lipinski definition) is 5. The van der Waals surface area contributed by atoms with Gasteiger partial charge in [-0.1, -0.05) is 31.5 Å². The monoisotopic (exact) mass is 400 g/mol. The van der Waals surface area contributed by atoms with Crippen LogP contribution in [-0.4, -0.2) is 32.4 Å². The van der Waals surface area contributed by atoms with Gasteiger partial charge in [0.25, 0.3) is 5.91 Å². The van der Waals surface area contributed by atoms with Gasteiger partial charge in [-0.2, -0.15) is 0 Å². The van der Waals surface area contributed by atoms with E-state index in [0.717, 1.165) is 12.0 Å². The summed E-state index contributed by atoms with van der Waals surface area (Å²) >= 11 is 6.06. The lowest BCUT2D eigenvalue weighted by Crippen LogP contribution is -2.20. The minimum absolute atomic E-state index is 0.0112. The van der Waals surface area contributed by atoms with Crippen molar-refractivity contribution >= 4 is 23.2 Å². The Morgan fingerprint density at radius 1 is 1.25 bits per heavy atom. The number of rotatable bonds is 7. The molecule has 0 spiro atoms. The van der Waals surface area contributed by atoms with E-state index in [-0.39, 0.29) is 18.3 Å². The van der Waals surface area contributed by atoms with Crippen molar-refractivity contribution in [3.8, 4) is 17.2 Å². The zero-order chi connectivity index (χ0) is 20.1. The van der Waals surface area contributed by atoms with Crippen LogP contribution in [0.3, 0.4) is 0 Å². The topological polar surface area (TPSA) is 89.3 Å². The molecule has 0 aliphatic carbocycles. The number of nitrogens with one attached hydrogen (secondary N) is 1. The van der Waals surface area contributed by atoms with Crippen molar-refractivity contribution in [2.75, 3.05) is 11.9 Å². The number of anilines is 1. The molecule has 2 aromatic carbocycles. The molecule has 0 saturated heterocycles. The van der Waals surface area contributed by atoms with Gasteiger partial charge in [0, 0.05) is 5.02 Å². The van der Waals surface area contributed by atoms with E-state index < -0.39 is 0 Å². The van der Waals surface area contributed by atoms with E-state index in [1.807, 2.05) is 6.07 Å². The number of halogens is 1. The molecule has 1 aromatic heterocycles.